The number of nitriles is 2. The normalized spacial score (nSPS) is 11.6. The van der Waals surface area contributed by atoms with Gasteiger partial charge in [-0.1, -0.05) is 26.3 Å². The second-order valence-corrected chi connectivity index (χ2v) is 24.0. The zero-order valence-corrected chi connectivity index (χ0v) is 48.7. The summed E-state index contributed by atoms with van der Waals surface area (Å²) in [6.07, 6.45) is 1.29. The first-order valence-corrected chi connectivity index (χ1v) is 30.1. The molecule has 4 rings (SSSR count). The molecular weight excluding hydrogens is 1120 g/mol. The summed E-state index contributed by atoms with van der Waals surface area (Å²) in [5.41, 5.74) is 1.88. The lowest BCUT2D eigenvalue weighted by Gasteiger charge is -2.16. The van der Waals surface area contributed by atoms with Gasteiger partial charge in [0.15, 0.2) is 31.3 Å². The highest BCUT2D eigenvalue weighted by Crippen LogP contribution is 2.42. The fourth-order valence-corrected chi connectivity index (χ4v) is 9.59. The quantitative estimate of drug-likeness (QED) is 0.0265. The van der Waals surface area contributed by atoms with Crippen LogP contribution < -0.4 is 40.2 Å². The fraction of sp³-hybridized carbons (Fsp3) is 0.360. The van der Waals surface area contributed by atoms with Gasteiger partial charge in [-0.15, -0.1) is 20.5 Å². The van der Waals surface area contributed by atoms with Crippen LogP contribution in [0.2, 0.25) is 0 Å². The monoisotopic (exact) mass is 1180 g/mol. The van der Waals surface area contributed by atoms with Crippen molar-refractivity contribution in [2.45, 2.75) is 36.5 Å². The number of pyridine rings is 2. The Morgan fingerprint density at radius 1 is 0.500 bits per heavy atom. The molecule has 0 fully saturated rings. The summed E-state index contributed by atoms with van der Waals surface area (Å²) in [6.45, 7) is 18.5. The molecule has 2 heterocycles. The molecule has 26 nitrogen and oxygen atoms in total. The van der Waals surface area contributed by atoms with Gasteiger partial charge in [0.2, 0.25) is 19.7 Å². The van der Waals surface area contributed by atoms with E-state index < -0.39 is 39.3 Å². The van der Waals surface area contributed by atoms with Crippen LogP contribution in [-0.4, -0.2) is 137 Å². The summed E-state index contributed by atoms with van der Waals surface area (Å²) in [4.78, 5) is 8.65. The summed E-state index contributed by atoms with van der Waals surface area (Å²) in [6, 6.07) is 9.37. The van der Waals surface area contributed by atoms with Gasteiger partial charge in [-0.05, 0) is 26.7 Å². The first kappa shape index (κ1) is 66.3. The lowest BCUT2D eigenvalue weighted by molar-refractivity contribution is 0.197. The minimum atomic E-state index is -3.86. The van der Waals surface area contributed by atoms with E-state index in [9.17, 15) is 44.2 Å². The van der Waals surface area contributed by atoms with Crippen LogP contribution in [-0.2, 0) is 48.8 Å². The predicted octanol–water partition coefficient (Wildman–Crippen LogP) is 8.06. The Balaban J connectivity index is 0.000000420. The molecule has 0 unspecified atom stereocenters. The summed E-state index contributed by atoms with van der Waals surface area (Å²) in [5.74, 6) is 0.598. The van der Waals surface area contributed by atoms with Crippen LogP contribution in [0.1, 0.15) is 35.1 Å². The van der Waals surface area contributed by atoms with E-state index in [1.165, 1.54) is 52.7 Å². The van der Waals surface area contributed by atoms with Crippen LogP contribution in [0.5, 0.6) is 23.0 Å². The Bertz CT molecular complexity index is 3530. The Morgan fingerprint density at radius 3 is 1.15 bits per heavy atom. The van der Waals surface area contributed by atoms with E-state index in [1.54, 1.807) is 28.1 Å². The summed E-state index contributed by atoms with van der Waals surface area (Å²) in [5, 5.41) is 52.2. The van der Waals surface area contributed by atoms with Crippen LogP contribution >= 0.6 is 0 Å². The van der Waals surface area contributed by atoms with E-state index in [1.807, 2.05) is 0 Å². The average molecular weight is 1190 g/mol. The van der Waals surface area contributed by atoms with Crippen molar-refractivity contribution in [1.29, 1.82) is 10.5 Å². The molecule has 0 aliphatic carbocycles. The number of hydrogen-bond acceptors (Lipinski definition) is 26. The van der Waals surface area contributed by atoms with Gasteiger partial charge in [0.1, 0.15) is 79.3 Å². The minimum Gasteiger partial charge on any atom is -0.495 e. The van der Waals surface area contributed by atoms with E-state index in [4.69, 9.17) is 28.4 Å². The van der Waals surface area contributed by atoms with E-state index >= 15 is 0 Å². The third kappa shape index (κ3) is 18.0. The number of nitrogens with one attached hydrogen (secondary N) is 4. The number of benzene rings is 2. The van der Waals surface area contributed by atoms with Gasteiger partial charge in [0.05, 0.1) is 51.1 Å². The van der Waals surface area contributed by atoms with Crippen molar-refractivity contribution < 1.29 is 62.1 Å². The van der Waals surface area contributed by atoms with Crippen molar-refractivity contribution in [1.82, 2.24) is 9.97 Å². The molecule has 4 N–H and O–H groups in total. The molecule has 0 amide bonds. The molecule has 432 valence electrons. The molecule has 2 aromatic carbocycles. The molecule has 4 aromatic rings. The molecule has 0 bridgehead atoms. The van der Waals surface area contributed by atoms with Crippen LogP contribution in [0.15, 0.2) is 102 Å². The van der Waals surface area contributed by atoms with E-state index in [2.05, 4.69) is 90.1 Å². The van der Waals surface area contributed by atoms with Gasteiger partial charge < -0.3 is 49.7 Å². The van der Waals surface area contributed by atoms with Gasteiger partial charge in [0, 0.05) is 111 Å². The smallest absolute Gasteiger partial charge is 0.203 e. The Morgan fingerprint density at radius 2 is 0.838 bits per heavy atom. The molecule has 0 saturated heterocycles. The summed E-state index contributed by atoms with van der Waals surface area (Å²) in [7, 11) is -6.21. The predicted molar refractivity (Wildman–Crippen MR) is 305 cm³/mol. The molecule has 80 heavy (non-hydrogen) atoms. The third-order valence-electron chi connectivity index (χ3n) is 11.1. The number of rotatable bonds is 32. The Hall–Kier alpha value is -8.00. The van der Waals surface area contributed by atoms with E-state index in [-0.39, 0.29) is 115 Å². The highest BCUT2D eigenvalue weighted by molar-refractivity contribution is 7.95. The van der Waals surface area contributed by atoms with Crippen molar-refractivity contribution in [2.24, 2.45) is 20.5 Å². The van der Waals surface area contributed by atoms with E-state index in [0.29, 0.717) is 50.3 Å². The first-order chi connectivity index (χ1) is 38.0. The molecule has 0 aliphatic heterocycles. The molecule has 0 spiro atoms. The molecule has 0 aliphatic rings. The molecule has 0 atom stereocenters. The van der Waals surface area contributed by atoms with Gasteiger partial charge in [0.25, 0.3) is 0 Å². The van der Waals surface area contributed by atoms with E-state index in [0.717, 1.165) is 21.6 Å². The second-order valence-electron chi connectivity index (χ2n) is 16.2. The fourth-order valence-electron chi connectivity index (χ4n) is 6.74. The largest absolute Gasteiger partial charge is 0.495 e. The van der Waals surface area contributed by atoms with Gasteiger partial charge >= 0.3 is 0 Å². The molecule has 0 saturated carbocycles. The maximum atomic E-state index is 12.4. The maximum Gasteiger partial charge on any atom is 0.203 e. The van der Waals surface area contributed by atoms with Crippen molar-refractivity contribution in [3.8, 4) is 35.1 Å². The lowest BCUT2D eigenvalue weighted by Crippen LogP contribution is -2.16. The van der Waals surface area contributed by atoms with Crippen molar-refractivity contribution in [2.75, 3.05) is 115 Å². The zero-order valence-electron chi connectivity index (χ0n) is 45.4. The highest BCUT2D eigenvalue weighted by Gasteiger charge is 2.24. The number of aromatic nitrogens is 2. The van der Waals surface area contributed by atoms with Crippen molar-refractivity contribution in [3.05, 3.63) is 94.5 Å². The molecule has 0 radical (unpaired) electrons. The van der Waals surface area contributed by atoms with Gasteiger partial charge in [-0.3, -0.25) is 0 Å². The number of hydrogen-bond donors (Lipinski definition) is 4. The summed E-state index contributed by atoms with van der Waals surface area (Å²) >= 11 is 0. The van der Waals surface area contributed by atoms with Gasteiger partial charge in [-0.2, -0.15) is 10.5 Å². The topological polar surface area (TPSA) is 363 Å². The number of methoxy groups -OCH3 is 6. The SMILES string of the molecule is C=CS(=O)(=O)CCNc1nc(NCCCOC)c(C#N)c(C)c1N=Nc1cc(OC)c(S(=O)(=O)C=C)cc1OC.C=CS(=O)(=O)CCNc1nc(NCCCOC)c(N=Nc2cc(OC)c(S(=O)(=O)C=C)cc2OC)c(C)c1C#N. The van der Waals surface area contributed by atoms with Crippen LogP contribution in [0, 0.1) is 36.5 Å². The number of nitrogens with zero attached hydrogens (tertiary/aromatic N) is 8. The van der Waals surface area contributed by atoms with Crippen molar-refractivity contribution >= 4 is 85.4 Å². The second kappa shape index (κ2) is 31.0. The first-order valence-electron chi connectivity index (χ1n) is 23.6. The summed E-state index contributed by atoms with van der Waals surface area (Å²) < 4.78 is 128. The van der Waals surface area contributed by atoms with Crippen LogP contribution in [0.4, 0.5) is 46.0 Å². The van der Waals surface area contributed by atoms with Crippen LogP contribution in [0.25, 0.3) is 0 Å². The van der Waals surface area contributed by atoms with Crippen LogP contribution in [0.3, 0.4) is 0 Å². The standard InChI is InChI=1S/2C25H32N6O7S2/c1-7-39(32,33)13-11-28-24-18(16-26)17(3)23(25(29-24)27-10-9-12-36-4)31-30-19-14-21(38-6)22(15-20(19)37-5)40(34,35)8-2;1-7-39(32,33)13-11-28-25-23(17(3)18(16-26)24(29-25)27-10-9-12-36-4)31-30-19-14-21(38-6)22(15-20(19)37-5)40(34,35)8-2/h2*7-8,14-15H,1-2,9-13H2,3-6H3,(H2,27,28,29). The molecule has 30 heteroatoms. The zero-order chi connectivity index (χ0) is 59.8. The number of ether oxygens (including phenoxy) is 6. The number of sulfone groups is 4. The number of azo groups is 2. The molecular formula is C50H64N12O14S4. The molecule has 2 aromatic heterocycles. The number of anilines is 4. The van der Waals surface area contributed by atoms with Gasteiger partial charge in [-0.25, -0.2) is 43.6 Å². The Kier molecular flexibility index (Phi) is 25.7. The lowest BCUT2D eigenvalue weighted by atomic mass is 10.1. The Labute approximate surface area is 467 Å². The van der Waals surface area contributed by atoms with Crippen molar-refractivity contribution in [3.63, 3.8) is 0 Å². The highest BCUT2D eigenvalue weighted by atomic mass is 32.2. The minimum absolute atomic E-state index is 0.00356. The maximum absolute atomic E-state index is 12.4. The third-order valence-corrected chi connectivity index (χ3v) is 16.4. The average Bonchev–Trinajstić information content (AvgIpc) is 3.44.